The van der Waals surface area contributed by atoms with Crippen molar-refractivity contribution < 1.29 is 32.2 Å². The predicted molar refractivity (Wildman–Crippen MR) is 148 cm³/mol. The van der Waals surface area contributed by atoms with E-state index in [1.165, 1.54) is 37.6 Å². The van der Waals surface area contributed by atoms with Crippen LogP contribution in [0.4, 0.5) is 24.7 Å². The Kier molecular flexibility index (Phi) is 7.95. The second-order valence-electron chi connectivity index (χ2n) is 9.36. The minimum Gasteiger partial charge on any atom is -0.495 e. The Morgan fingerprint density at radius 2 is 1.85 bits per heavy atom. The van der Waals surface area contributed by atoms with Gasteiger partial charge in [0, 0.05) is 36.0 Å². The van der Waals surface area contributed by atoms with Crippen molar-refractivity contribution in [3.63, 3.8) is 0 Å². The number of nitrogens with zero attached hydrogens (tertiary/aromatic N) is 3. The van der Waals surface area contributed by atoms with Crippen molar-refractivity contribution in [2.45, 2.75) is 18.7 Å². The van der Waals surface area contributed by atoms with Crippen molar-refractivity contribution in [2.75, 3.05) is 32.6 Å². The molecule has 1 saturated heterocycles. The highest BCUT2D eigenvalue weighted by Gasteiger charge is 2.33. The summed E-state index contributed by atoms with van der Waals surface area (Å²) < 4.78 is 60.1. The molecule has 5 rings (SSSR count). The quantitative estimate of drug-likeness (QED) is 0.269. The molecule has 2 heterocycles. The summed E-state index contributed by atoms with van der Waals surface area (Å²) in [6.07, 6.45) is 0.581. The van der Waals surface area contributed by atoms with Gasteiger partial charge in [0.1, 0.15) is 35.6 Å². The van der Waals surface area contributed by atoms with Crippen LogP contribution >= 0.6 is 0 Å². The third-order valence-corrected chi connectivity index (χ3v) is 6.86. The number of amides is 1. The molecule has 1 aliphatic heterocycles. The summed E-state index contributed by atoms with van der Waals surface area (Å²) >= 11 is 0. The zero-order valence-electron chi connectivity index (χ0n) is 22.4. The van der Waals surface area contributed by atoms with Crippen molar-refractivity contribution >= 4 is 28.3 Å². The lowest BCUT2D eigenvalue weighted by Gasteiger charge is -2.34. The summed E-state index contributed by atoms with van der Waals surface area (Å²) in [7, 11) is 2.96. The monoisotopic (exact) mass is 564 g/mol. The molecule has 212 valence electrons. The van der Waals surface area contributed by atoms with Crippen molar-refractivity contribution in [1.29, 1.82) is 0 Å². The number of anilines is 2. The maximum absolute atomic E-state index is 15.0. The van der Waals surface area contributed by atoms with Crippen LogP contribution in [0.5, 0.6) is 17.2 Å². The Balaban J connectivity index is 1.48. The molecule has 0 bridgehead atoms. The minimum atomic E-state index is -1.42. The van der Waals surface area contributed by atoms with Gasteiger partial charge in [0.15, 0.2) is 17.7 Å². The zero-order chi connectivity index (χ0) is 29.1. The number of halogens is 3. The van der Waals surface area contributed by atoms with Gasteiger partial charge in [0.05, 0.1) is 32.0 Å². The first kappa shape index (κ1) is 27.8. The van der Waals surface area contributed by atoms with Gasteiger partial charge >= 0.3 is 0 Å². The molecule has 1 amide bonds. The molecule has 2 unspecified atom stereocenters. The van der Waals surface area contributed by atoms with E-state index in [1.807, 2.05) is 0 Å². The number of benzene rings is 3. The van der Waals surface area contributed by atoms with Crippen LogP contribution in [0.3, 0.4) is 0 Å². The summed E-state index contributed by atoms with van der Waals surface area (Å²) in [6.45, 7) is 3.68. The van der Waals surface area contributed by atoms with Crippen LogP contribution in [0.1, 0.15) is 6.42 Å². The molecule has 0 radical (unpaired) electrons. The van der Waals surface area contributed by atoms with E-state index in [4.69, 9.17) is 14.2 Å². The second kappa shape index (κ2) is 11.7. The molecule has 8 nitrogen and oxygen atoms in total. The van der Waals surface area contributed by atoms with Crippen LogP contribution < -0.4 is 19.5 Å². The van der Waals surface area contributed by atoms with Gasteiger partial charge in [-0.1, -0.05) is 12.6 Å². The molecule has 1 N–H and O–H groups in total. The number of hydrogen-bond acceptors (Lipinski definition) is 7. The van der Waals surface area contributed by atoms with E-state index in [-0.39, 0.29) is 30.2 Å². The maximum atomic E-state index is 15.0. The number of carbonyl (C=O) groups is 1. The van der Waals surface area contributed by atoms with Crippen LogP contribution in [-0.4, -0.2) is 60.4 Å². The molecule has 1 aromatic heterocycles. The van der Waals surface area contributed by atoms with E-state index in [2.05, 4.69) is 21.9 Å². The second-order valence-corrected chi connectivity index (χ2v) is 9.36. The zero-order valence-corrected chi connectivity index (χ0v) is 22.4. The number of methoxy groups -OCH3 is 2. The largest absolute Gasteiger partial charge is 0.495 e. The Hall–Kier alpha value is -4.80. The van der Waals surface area contributed by atoms with Crippen LogP contribution in [-0.2, 0) is 4.79 Å². The van der Waals surface area contributed by atoms with Crippen LogP contribution in [0, 0.1) is 11.6 Å². The predicted octanol–water partition coefficient (Wildman–Crippen LogP) is 5.84. The number of rotatable bonds is 8. The lowest BCUT2D eigenvalue weighted by atomic mass is 10.0. The van der Waals surface area contributed by atoms with Crippen molar-refractivity contribution in [3.8, 4) is 28.4 Å². The highest BCUT2D eigenvalue weighted by molar-refractivity contribution is 5.94. The fourth-order valence-electron chi connectivity index (χ4n) is 4.75. The van der Waals surface area contributed by atoms with Crippen molar-refractivity contribution in [1.82, 2.24) is 14.9 Å². The van der Waals surface area contributed by atoms with Gasteiger partial charge in [-0.2, -0.15) is 0 Å². The molecule has 11 heteroatoms. The highest BCUT2D eigenvalue weighted by atomic mass is 19.1. The summed E-state index contributed by atoms with van der Waals surface area (Å²) in [6, 6.07) is 11.7. The van der Waals surface area contributed by atoms with E-state index in [9.17, 15) is 13.6 Å². The molecule has 2 atom stereocenters. The van der Waals surface area contributed by atoms with E-state index in [0.29, 0.717) is 46.0 Å². The average Bonchev–Trinajstić information content (AvgIpc) is 2.97. The SMILES string of the molecule is C=CC(=O)N1CCC(Oc2cc3c(Nc4cc(-c5ccc(F)cc5F)ccc4OC)ncnc3cc2OC)C(F)C1. The van der Waals surface area contributed by atoms with Gasteiger partial charge in [-0.3, -0.25) is 4.79 Å². The molecular formula is C30H27F3N4O4. The summed E-state index contributed by atoms with van der Waals surface area (Å²) in [5, 5.41) is 3.75. The Morgan fingerprint density at radius 3 is 2.56 bits per heavy atom. The van der Waals surface area contributed by atoms with Gasteiger partial charge in [-0.15, -0.1) is 0 Å². The summed E-state index contributed by atoms with van der Waals surface area (Å²) in [5.41, 5.74) is 1.70. The van der Waals surface area contributed by atoms with Crippen molar-refractivity contribution in [2.24, 2.45) is 0 Å². The molecule has 0 aliphatic carbocycles. The van der Waals surface area contributed by atoms with Gasteiger partial charge in [-0.05, 0) is 42.0 Å². The first-order chi connectivity index (χ1) is 19.8. The number of ether oxygens (including phenoxy) is 3. The number of alkyl halides is 1. The van der Waals surface area contributed by atoms with Gasteiger partial charge in [0.2, 0.25) is 5.91 Å². The Morgan fingerprint density at radius 1 is 1.05 bits per heavy atom. The van der Waals surface area contributed by atoms with E-state index < -0.39 is 23.9 Å². The fraction of sp³-hybridized carbons (Fsp3) is 0.233. The smallest absolute Gasteiger partial charge is 0.246 e. The first-order valence-corrected chi connectivity index (χ1v) is 12.8. The third kappa shape index (κ3) is 5.74. The standard InChI is InChI=1S/C30H27F3N4O4/c1-4-29(38)37-10-9-25(22(33)15-37)41-28-13-20-23(14-27(28)40-3)34-16-35-30(20)36-24-11-17(5-8-26(24)39-2)19-7-6-18(31)12-21(19)32/h4-8,11-14,16,22,25H,1,9-10,15H2,2-3H3,(H,34,35,36). The highest BCUT2D eigenvalue weighted by Crippen LogP contribution is 2.39. The molecule has 0 saturated carbocycles. The molecular weight excluding hydrogens is 537 g/mol. The molecule has 1 fully saturated rings. The molecule has 3 aromatic carbocycles. The van der Waals surface area contributed by atoms with E-state index >= 15 is 4.39 Å². The van der Waals surface area contributed by atoms with Gasteiger partial charge < -0.3 is 24.4 Å². The van der Waals surface area contributed by atoms with Gasteiger partial charge in [0.25, 0.3) is 0 Å². The van der Waals surface area contributed by atoms with Crippen LogP contribution in [0.15, 0.2) is 67.5 Å². The molecule has 4 aromatic rings. The lowest BCUT2D eigenvalue weighted by Crippen LogP contribution is -2.48. The number of hydrogen-bond donors (Lipinski definition) is 1. The molecule has 0 spiro atoms. The average molecular weight is 565 g/mol. The number of nitrogens with one attached hydrogen (secondary N) is 1. The Bertz CT molecular complexity index is 1620. The molecule has 1 aliphatic rings. The third-order valence-electron chi connectivity index (χ3n) is 6.86. The van der Waals surface area contributed by atoms with Gasteiger partial charge in [-0.25, -0.2) is 23.1 Å². The number of aromatic nitrogens is 2. The summed E-state index contributed by atoms with van der Waals surface area (Å²) in [4.78, 5) is 22.0. The van der Waals surface area contributed by atoms with Crippen LogP contribution in [0.25, 0.3) is 22.0 Å². The number of piperidine rings is 1. The Labute approximate surface area is 234 Å². The number of likely N-dealkylation sites (tertiary alicyclic amines) is 1. The fourth-order valence-corrected chi connectivity index (χ4v) is 4.75. The van der Waals surface area contributed by atoms with E-state index in [1.54, 1.807) is 30.3 Å². The van der Waals surface area contributed by atoms with E-state index in [0.717, 1.165) is 12.1 Å². The normalized spacial score (nSPS) is 16.8. The number of fused-ring (bicyclic) bond motifs is 1. The van der Waals surface area contributed by atoms with Crippen molar-refractivity contribution in [3.05, 3.63) is 79.1 Å². The topological polar surface area (TPSA) is 85.8 Å². The molecule has 41 heavy (non-hydrogen) atoms. The lowest BCUT2D eigenvalue weighted by molar-refractivity contribution is -0.129. The number of carbonyl (C=O) groups excluding carboxylic acids is 1. The van der Waals surface area contributed by atoms with Crippen LogP contribution in [0.2, 0.25) is 0 Å². The first-order valence-electron chi connectivity index (χ1n) is 12.8. The maximum Gasteiger partial charge on any atom is 0.246 e. The minimum absolute atomic E-state index is 0.105. The summed E-state index contributed by atoms with van der Waals surface area (Å²) in [5.74, 6) is -0.241.